The standard InChI is InChI=1S/C21H25N3O3S/c25-17-3-1-14-5-6-24(13-16(14)11-17)20(26)15-2-4-19-18(12-15)22-21(28-19)23-7-9-27-10-8-23/h1,3,11,15,25H,2,4-10,12-13H2. The predicted octanol–water partition coefficient (Wildman–Crippen LogP) is 2.38. The third-order valence-corrected chi connectivity index (χ3v) is 7.29. The minimum Gasteiger partial charge on any atom is -0.508 e. The molecule has 6 nitrogen and oxygen atoms in total. The Labute approximate surface area is 168 Å². The molecule has 1 aliphatic carbocycles. The number of hydrogen-bond donors (Lipinski definition) is 1. The molecule has 7 heteroatoms. The number of benzene rings is 1. The molecule has 5 rings (SSSR count). The molecular weight excluding hydrogens is 374 g/mol. The Morgan fingerprint density at radius 3 is 2.89 bits per heavy atom. The topological polar surface area (TPSA) is 65.9 Å². The van der Waals surface area contributed by atoms with Crippen molar-refractivity contribution in [3.8, 4) is 5.75 Å². The number of hydrogen-bond acceptors (Lipinski definition) is 6. The maximum atomic E-state index is 13.2. The van der Waals surface area contributed by atoms with Crippen molar-refractivity contribution < 1.29 is 14.6 Å². The van der Waals surface area contributed by atoms with E-state index >= 15 is 0 Å². The molecule has 1 N–H and O–H groups in total. The number of rotatable bonds is 2. The van der Waals surface area contributed by atoms with Crippen LogP contribution in [-0.2, 0) is 35.3 Å². The first-order valence-corrected chi connectivity index (χ1v) is 10.9. The zero-order valence-electron chi connectivity index (χ0n) is 15.9. The van der Waals surface area contributed by atoms with E-state index in [0.717, 1.165) is 74.9 Å². The average Bonchev–Trinajstić information content (AvgIpc) is 3.16. The first kappa shape index (κ1) is 17.9. The van der Waals surface area contributed by atoms with Crippen molar-refractivity contribution in [2.75, 3.05) is 37.7 Å². The number of carbonyl (C=O) groups excluding carboxylic acids is 1. The number of phenols is 1. The quantitative estimate of drug-likeness (QED) is 0.840. The van der Waals surface area contributed by atoms with Gasteiger partial charge in [-0.2, -0.15) is 0 Å². The molecule has 1 amide bonds. The molecule has 1 saturated heterocycles. The second-order valence-electron chi connectivity index (χ2n) is 7.87. The summed E-state index contributed by atoms with van der Waals surface area (Å²) in [4.78, 5) is 23.7. The van der Waals surface area contributed by atoms with Gasteiger partial charge >= 0.3 is 0 Å². The van der Waals surface area contributed by atoms with Crippen LogP contribution in [0.3, 0.4) is 0 Å². The Bertz CT molecular complexity index is 891. The average molecular weight is 400 g/mol. The van der Waals surface area contributed by atoms with Crippen LogP contribution in [0.4, 0.5) is 5.13 Å². The highest BCUT2D eigenvalue weighted by molar-refractivity contribution is 7.15. The number of aryl methyl sites for hydroxylation is 1. The number of aromatic hydroxyl groups is 1. The third-order valence-electron chi connectivity index (χ3n) is 6.07. The molecule has 0 spiro atoms. The Kier molecular flexibility index (Phi) is 4.72. The molecule has 2 aromatic rings. The van der Waals surface area contributed by atoms with Gasteiger partial charge < -0.3 is 19.6 Å². The number of morpholine rings is 1. The van der Waals surface area contributed by atoms with Crippen molar-refractivity contribution in [1.29, 1.82) is 0 Å². The van der Waals surface area contributed by atoms with E-state index in [2.05, 4.69) is 4.90 Å². The van der Waals surface area contributed by atoms with E-state index in [0.29, 0.717) is 6.54 Å². The number of thiazole rings is 1. The summed E-state index contributed by atoms with van der Waals surface area (Å²) in [6.07, 6.45) is 3.45. The molecule has 3 aliphatic rings. The molecule has 148 valence electrons. The van der Waals surface area contributed by atoms with Crippen molar-refractivity contribution in [2.45, 2.75) is 32.2 Å². The highest BCUT2D eigenvalue weighted by Gasteiger charge is 2.32. The number of aromatic nitrogens is 1. The number of anilines is 1. The molecule has 28 heavy (non-hydrogen) atoms. The van der Waals surface area contributed by atoms with Crippen LogP contribution in [0.2, 0.25) is 0 Å². The summed E-state index contributed by atoms with van der Waals surface area (Å²) in [7, 11) is 0. The van der Waals surface area contributed by atoms with Crippen LogP contribution >= 0.6 is 11.3 Å². The molecule has 2 aliphatic heterocycles. The van der Waals surface area contributed by atoms with Gasteiger partial charge in [0.25, 0.3) is 0 Å². The van der Waals surface area contributed by atoms with Gasteiger partial charge in [-0.15, -0.1) is 11.3 Å². The summed E-state index contributed by atoms with van der Waals surface area (Å²) in [5.74, 6) is 0.528. The number of nitrogens with zero attached hydrogens (tertiary/aromatic N) is 3. The Balaban J connectivity index is 1.28. The predicted molar refractivity (Wildman–Crippen MR) is 108 cm³/mol. The lowest BCUT2D eigenvalue weighted by molar-refractivity contribution is -0.136. The number of phenolic OH excluding ortho intramolecular Hbond substituents is 1. The van der Waals surface area contributed by atoms with E-state index < -0.39 is 0 Å². The van der Waals surface area contributed by atoms with E-state index in [1.165, 1.54) is 10.4 Å². The second-order valence-corrected chi connectivity index (χ2v) is 8.93. The van der Waals surface area contributed by atoms with Crippen molar-refractivity contribution in [1.82, 2.24) is 9.88 Å². The van der Waals surface area contributed by atoms with Crippen molar-refractivity contribution in [2.24, 2.45) is 5.92 Å². The summed E-state index contributed by atoms with van der Waals surface area (Å²) >= 11 is 1.79. The van der Waals surface area contributed by atoms with Gasteiger partial charge in [-0.3, -0.25) is 4.79 Å². The van der Waals surface area contributed by atoms with Crippen LogP contribution in [0.25, 0.3) is 0 Å². The second kappa shape index (κ2) is 7.37. The number of amides is 1. The fraction of sp³-hybridized carbons (Fsp3) is 0.524. The number of fused-ring (bicyclic) bond motifs is 2. The molecule has 1 aromatic carbocycles. The van der Waals surface area contributed by atoms with Gasteiger partial charge in [-0.05, 0) is 42.5 Å². The van der Waals surface area contributed by atoms with Gasteiger partial charge in [0, 0.05) is 43.4 Å². The molecule has 0 saturated carbocycles. The van der Waals surface area contributed by atoms with Crippen LogP contribution in [-0.4, -0.2) is 53.7 Å². The minimum atomic E-state index is 0.0194. The lowest BCUT2D eigenvalue weighted by Crippen LogP contribution is -2.41. The van der Waals surface area contributed by atoms with E-state index in [1.54, 1.807) is 23.5 Å². The van der Waals surface area contributed by atoms with Crippen molar-refractivity contribution in [3.05, 3.63) is 39.9 Å². The zero-order valence-corrected chi connectivity index (χ0v) is 16.7. The van der Waals surface area contributed by atoms with Gasteiger partial charge in [0.2, 0.25) is 5.91 Å². The highest BCUT2D eigenvalue weighted by atomic mass is 32.1. The van der Waals surface area contributed by atoms with E-state index in [1.807, 2.05) is 11.0 Å². The van der Waals surface area contributed by atoms with Crippen LogP contribution in [0.1, 0.15) is 28.1 Å². The Hall–Kier alpha value is -2.12. The Morgan fingerprint density at radius 2 is 2.04 bits per heavy atom. The minimum absolute atomic E-state index is 0.0194. The molecule has 1 unspecified atom stereocenters. The van der Waals surface area contributed by atoms with Crippen molar-refractivity contribution >= 4 is 22.4 Å². The summed E-state index contributed by atoms with van der Waals surface area (Å²) in [5.41, 5.74) is 3.42. The first-order valence-electron chi connectivity index (χ1n) is 10.1. The number of carbonyl (C=O) groups is 1. The summed E-state index contributed by atoms with van der Waals surface area (Å²) in [5, 5.41) is 10.8. The van der Waals surface area contributed by atoms with E-state index in [-0.39, 0.29) is 17.6 Å². The zero-order chi connectivity index (χ0) is 19.1. The van der Waals surface area contributed by atoms with E-state index in [9.17, 15) is 9.90 Å². The van der Waals surface area contributed by atoms with Crippen LogP contribution in [0.15, 0.2) is 18.2 Å². The molecule has 0 radical (unpaired) electrons. The van der Waals surface area contributed by atoms with Crippen LogP contribution < -0.4 is 4.90 Å². The van der Waals surface area contributed by atoms with Gasteiger partial charge in [-0.1, -0.05) is 6.07 Å². The van der Waals surface area contributed by atoms with Gasteiger partial charge in [0.1, 0.15) is 5.75 Å². The largest absolute Gasteiger partial charge is 0.508 e. The van der Waals surface area contributed by atoms with Crippen LogP contribution in [0, 0.1) is 5.92 Å². The maximum Gasteiger partial charge on any atom is 0.226 e. The fourth-order valence-electron chi connectivity index (χ4n) is 4.46. The summed E-state index contributed by atoms with van der Waals surface area (Å²) < 4.78 is 5.44. The van der Waals surface area contributed by atoms with Crippen LogP contribution in [0.5, 0.6) is 5.75 Å². The fourth-order valence-corrected chi connectivity index (χ4v) is 5.61. The van der Waals surface area contributed by atoms with Gasteiger partial charge in [0.05, 0.1) is 18.9 Å². The normalized spacial score (nSPS) is 21.9. The molecule has 0 bridgehead atoms. The SMILES string of the molecule is O=C(C1CCc2sc(N3CCOCC3)nc2C1)N1CCc2ccc(O)cc2C1. The first-order chi connectivity index (χ1) is 13.7. The van der Waals surface area contributed by atoms with Crippen molar-refractivity contribution in [3.63, 3.8) is 0 Å². The summed E-state index contributed by atoms with van der Waals surface area (Å²) in [6.45, 7) is 4.68. The molecule has 1 atom stereocenters. The lowest BCUT2D eigenvalue weighted by atomic mass is 9.88. The third kappa shape index (κ3) is 3.37. The smallest absolute Gasteiger partial charge is 0.226 e. The van der Waals surface area contributed by atoms with Gasteiger partial charge in [-0.25, -0.2) is 4.98 Å². The Morgan fingerprint density at radius 1 is 1.18 bits per heavy atom. The number of ether oxygens (including phenoxy) is 1. The lowest BCUT2D eigenvalue weighted by Gasteiger charge is -2.33. The molecular formula is C21H25N3O3S. The summed E-state index contributed by atoms with van der Waals surface area (Å²) in [6, 6.07) is 5.50. The molecule has 3 heterocycles. The molecule has 1 fully saturated rings. The molecule has 1 aromatic heterocycles. The van der Waals surface area contributed by atoms with Gasteiger partial charge in [0.15, 0.2) is 5.13 Å². The highest BCUT2D eigenvalue weighted by Crippen LogP contribution is 2.35. The maximum absolute atomic E-state index is 13.2. The van der Waals surface area contributed by atoms with E-state index in [4.69, 9.17) is 9.72 Å². The monoisotopic (exact) mass is 399 g/mol.